The molecule has 0 aromatic heterocycles. The van der Waals surface area contributed by atoms with E-state index < -0.39 is 0 Å². The first-order valence-corrected chi connectivity index (χ1v) is 4.31. The van der Waals surface area contributed by atoms with E-state index in [1.165, 1.54) is 0 Å². The van der Waals surface area contributed by atoms with Crippen LogP contribution in [0, 0.1) is 0 Å². The Balaban J connectivity index is 2.27. The molecule has 1 aliphatic heterocycles. The van der Waals surface area contributed by atoms with E-state index in [2.05, 4.69) is 0 Å². The van der Waals surface area contributed by atoms with Crippen LogP contribution >= 0.6 is 0 Å². The third-order valence-corrected chi connectivity index (χ3v) is 2.22. The summed E-state index contributed by atoms with van der Waals surface area (Å²) >= 11 is 0. The number of hydrogen-bond donors (Lipinski definition) is 1. The first kappa shape index (κ1) is 8.38. The van der Waals surface area contributed by atoms with Crippen molar-refractivity contribution in [1.29, 1.82) is 0 Å². The Hall–Kier alpha value is -1.22. The van der Waals surface area contributed by atoms with E-state index in [4.69, 9.17) is 9.47 Å². The molecular formula is C10H12O3. The highest BCUT2D eigenvalue weighted by Gasteiger charge is 2.18. The maximum Gasteiger partial charge on any atom is 0.199 e. The predicted molar refractivity (Wildman–Crippen MR) is 47.9 cm³/mol. The number of phenols is 1. The Kier molecular flexibility index (Phi) is 2.10. The van der Waals surface area contributed by atoms with Crippen molar-refractivity contribution in [2.75, 3.05) is 7.11 Å². The highest BCUT2D eigenvalue weighted by atomic mass is 16.7. The molecule has 1 aromatic rings. The van der Waals surface area contributed by atoms with Crippen molar-refractivity contribution >= 4 is 0 Å². The number of aryl methyl sites for hydroxylation is 1. The van der Waals surface area contributed by atoms with Gasteiger partial charge in [-0.1, -0.05) is 6.07 Å². The monoisotopic (exact) mass is 180 g/mol. The number of rotatable bonds is 1. The molecule has 2 rings (SSSR count). The van der Waals surface area contributed by atoms with E-state index in [-0.39, 0.29) is 12.0 Å². The minimum Gasteiger partial charge on any atom is -0.508 e. The van der Waals surface area contributed by atoms with Crippen molar-refractivity contribution in [3.8, 4) is 11.5 Å². The van der Waals surface area contributed by atoms with Crippen molar-refractivity contribution in [1.82, 2.24) is 0 Å². The van der Waals surface area contributed by atoms with Crippen LogP contribution in [0.1, 0.15) is 12.0 Å². The third-order valence-electron chi connectivity index (χ3n) is 2.22. The number of hydrogen-bond acceptors (Lipinski definition) is 3. The highest BCUT2D eigenvalue weighted by molar-refractivity contribution is 5.41. The van der Waals surface area contributed by atoms with Crippen LogP contribution in [0.5, 0.6) is 11.5 Å². The minimum absolute atomic E-state index is 0.172. The van der Waals surface area contributed by atoms with Gasteiger partial charge in [-0.05, 0) is 18.1 Å². The summed E-state index contributed by atoms with van der Waals surface area (Å²) in [7, 11) is 1.62. The topological polar surface area (TPSA) is 38.7 Å². The van der Waals surface area contributed by atoms with Crippen LogP contribution in [0.15, 0.2) is 18.2 Å². The Morgan fingerprint density at radius 1 is 1.54 bits per heavy atom. The summed E-state index contributed by atoms with van der Waals surface area (Å²) in [5, 5.41) is 9.23. The van der Waals surface area contributed by atoms with Crippen LogP contribution in [0.2, 0.25) is 0 Å². The van der Waals surface area contributed by atoms with Gasteiger partial charge in [0.1, 0.15) is 11.5 Å². The SMILES string of the molecule is COC1CCc2ccc(O)cc2O1. The summed E-state index contributed by atoms with van der Waals surface area (Å²) in [5.41, 5.74) is 1.13. The summed E-state index contributed by atoms with van der Waals surface area (Å²) < 4.78 is 10.6. The maximum absolute atomic E-state index is 9.23. The van der Waals surface area contributed by atoms with Gasteiger partial charge in [0.25, 0.3) is 0 Å². The van der Waals surface area contributed by atoms with Gasteiger partial charge >= 0.3 is 0 Å². The lowest BCUT2D eigenvalue weighted by atomic mass is 10.1. The van der Waals surface area contributed by atoms with Gasteiger partial charge in [-0.25, -0.2) is 0 Å². The molecule has 1 N–H and O–H groups in total. The van der Waals surface area contributed by atoms with Gasteiger partial charge in [-0.15, -0.1) is 0 Å². The molecule has 0 radical (unpaired) electrons. The average molecular weight is 180 g/mol. The zero-order valence-corrected chi connectivity index (χ0v) is 7.49. The van der Waals surface area contributed by atoms with Gasteiger partial charge in [0.15, 0.2) is 6.29 Å². The standard InChI is InChI=1S/C10H12O3/c1-12-10-5-3-7-2-4-8(11)6-9(7)13-10/h2,4,6,10-11H,3,5H2,1H3. The molecule has 1 heterocycles. The van der Waals surface area contributed by atoms with E-state index >= 15 is 0 Å². The van der Waals surface area contributed by atoms with E-state index in [0.29, 0.717) is 0 Å². The zero-order chi connectivity index (χ0) is 9.26. The zero-order valence-electron chi connectivity index (χ0n) is 7.49. The molecule has 3 heteroatoms. The molecular weight excluding hydrogens is 168 g/mol. The second-order valence-electron chi connectivity index (χ2n) is 3.11. The van der Waals surface area contributed by atoms with E-state index in [9.17, 15) is 5.11 Å². The van der Waals surface area contributed by atoms with Gasteiger partial charge in [0.2, 0.25) is 0 Å². The van der Waals surface area contributed by atoms with Crippen molar-refractivity contribution < 1.29 is 14.6 Å². The lowest BCUT2D eigenvalue weighted by Gasteiger charge is -2.24. The lowest BCUT2D eigenvalue weighted by molar-refractivity contribution is -0.0654. The third kappa shape index (κ3) is 1.60. The molecule has 1 aliphatic rings. The van der Waals surface area contributed by atoms with E-state index in [1.807, 2.05) is 6.07 Å². The molecule has 0 fully saturated rings. The summed E-state index contributed by atoms with van der Waals surface area (Å²) in [6.45, 7) is 0. The molecule has 13 heavy (non-hydrogen) atoms. The Bertz CT molecular complexity index is 309. The van der Waals surface area contributed by atoms with Crippen molar-refractivity contribution in [2.24, 2.45) is 0 Å². The molecule has 0 saturated carbocycles. The van der Waals surface area contributed by atoms with E-state index in [1.54, 1.807) is 19.2 Å². The van der Waals surface area contributed by atoms with Crippen molar-refractivity contribution in [3.05, 3.63) is 23.8 Å². The highest BCUT2D eigenvalue weighted by Crippen LogP contribution is 2.30. The van der Waals surface area contributed by atoms with Crippen LogP contribution in [0.3, 0.4) is 0 Å². The lowest BCUT2D eigenvalue weighted by Crippen LogP contribution is -2.24. The quantitative estimate of drug-likeness (QED) is 0.714. The molecule has 1 aromatic carbocycles. The van der Waals surface area contributed by atoms with Crippen LogP contribution in [-0.2, 0) is 11.2 Å². The first-order chi connectivity index (χ1) is 6.29. The molecule has 0 aliphatic carbocycles. The van der Waals surface area contributed by atoms with Crippen molar-refractivity contribution in [2.45, 2.75) is 19.1 Å². The van der Waals surface area contributed by atoms with Crippen LogP contribution in [-0.4, -0.2) is 18.5 Å². The fraction of sp³-hybridized carbons (Fsp3) is 0.400. The Morgan fingerprint density at radius 3 is 3.15 bits per heavy atom. The number of fused-ring (bicyclic) bond motifs is 1. The molecule has 0 saturated heterocycles. The number of methoxy groups -OCH3 is 1. The van der Waals surface area contributed by atoms with Crippen LogP contribution < -0.4 is 4.74 Å². The molecule has 3 nitrogen and oxygen atoms in total. The second-order valence-corrected chi connectivity index (χ2v) is 3.11. The van der Waals surface area contributed by atoms with Crippen molar-refractivity contribution in [3.63, 3.8) is 0 Å². The average Bonchev–Trinajstić information content (AvgIpc) is 2.16. The van der Waals surface area contributed by atoms with Crippen LogP contribution in [0.25, 0.3) is 0 Å². The largest absolute Gasteiger partial charge is 0.508 e. The minimum atomic E-state index is -0.172. The number of ether oxygens (including phenoxy) is 2. The molecule has 0 amide bonds. The molecule has 1 atom stereocenters. The number of benzene rings is 1. The smallest absolute Gasteiger partial charge is 0.199 e. The van der Waals surface area contributed by atoms with Gasteiger partial charge in [0.05, 0.1) is 0 Å². The second kappa shape index (κ2) is 3.26. The molecule has 0 spiro atoms. The van der Waals surface area contributed by atoms with Gasteiger partial charge < -0.3 is 14.6 Å². The van der Waals surface area contributed by atoms with Gasteiger partial charge in [-0.2, -0.15) is 0 Å². The Morgan fingerprint density at radius 2 is 2.38 bits per heavy atom. The summed E-state index contributed by atoms with van der Waals surface area (Å²) in [5.74, 6) is 0.966. The Labute approximate surface area is 76.9 Å². The fourth-order valence-electron chi connectivity index (χ4n) is 1.50. The fourth-order valence-corrected chi connectivity index (χ4v) is 1.50. The van der Waals surface area contributed by atoms with Gasteiger partial charge in [-0.3, -0.25) is 0 Å². The van der Waals surface area contributed by atoms with Crippen LogP contribution in [0.4, 0.5) is 0 Å². The number of aromatic hydroxyl groups is 1. The molecule has 0 bridgehead atoms. The molecule has 70 valence electrons. The first-order valence-electron chi connectivity index (χ1n) is 4.31. The number of phenolic OH excluding ortho intramolecular Hbond substituents is 1. The summed E-state index contributed by atoms with van der Waals surface area (Å²) in [6.07, 6.45) is 1.64. The summed E-state index contributed by atoms with van der Waals surface area (Å²) in [4.78, 5) is 0. The van der Waals surface area contributed by atoms with Gasteiger partial charge in [0, 0.05) is 19.6 Å². The molecule has 1 unspecified atom stereocenters. The van der Waals surface area contributed by atoms with E-state index in [0.717, 1.165) is 24.2 Å². The normalized spacial score (nSPS) is 20.5. The summed E-state index contributed by atoms with van der Waals surface area (Å²) in [6, 6.07) is 5.19. The predicted octanol–water partition coefficient (Wildman–Crippen LogP) is 1.69. The maximum atomic E-state index is 9.23.